The Morgan fingerprint density at radius 1 is 0.828 bits per heavy atom. The molecule has 0 saturated carbocycles. The largest absolute Gasteiger partial charge is 0.395 e. The molecule has 0 radical (unpaired) electrons. The lowest BCUT2D eigenvalue weighted by molar-refractivity contribution is 0.409. The maximum atomic E-state index is 6.58. The third kappa shape index (κ3) is 4.07. The fraction of sp³-hybridized carbons (Fsp3) is 0.0870. The molecule has 0 amide bonds. The van der Waals surface area contributed by atoms with Crippen LogP contribution >= 0.6 is 0 Å². The van der Waals surface area contributed by atoms with Crippen molar-refractivity contribution in [3.8, 4) is 0 Å². The first kappa shape index (κ1) is 18.6. The van der Waals surface area contributed by atoms with Gasteiger partial charge in [-0.3, -0.25) is 9.97 Å². The van der Waals surface area contributed by atoms with Crippen LogP contribution in [0.4, 0.5) is 0 Å². The number of aromatic nitrogens is 3. The average molecular weight is 382 g/mol. The lowest BCUT2D eigenvalue weighted by atomic mass is 10.1. The molecule has 4 N–H and O–H groups in total. The van der Waals surface area contributed by atoms with Gasteiger partial charge in [-0.1, -0.05) is 36.4 Å². The first-order chi connectivity index (χ1) is 14.1. The maximum absolute atomic E-state index is 6.58. The Labute approximate surface area is 169 Å². The summed E-state index contributed by atoms with van der Waals surface area (Å²) in [6, 6.07) is 23.3. The van der Waals surface area contributed by atoms with Crippen molar-refractivity contribution in [1.29, 1.82) is 0 Å². The molecule has 4 aromatic rings. The van der Waals surface area contributed by atoms with E-state index in [1.807, 2.05) is 79.7 Å². The molecule has 144 valence electrons. The van der Waals surface area contributed by atoms with Crippen LogP contribution in [0.2, 0.25) is 0 Å². The number of hydrogen-bond donors (Lipinski definition) is 2. The molecule has 0 unspecified atom stereocenters. The summed E-state index contributed by atoms with van der Waals surface area (Å²) in [5, 5.41) is 1.62. The summed E-state index contributed by atoms with van der Waals surface area (Å²) in [6.07, 6.45) is 1.75. The van der Waals surface area contributed by atoms with E-state index in [2.05, 4.69) is 9.97 Å². The molecule has 4 rings (SSSR count). The van der Waals surface area contributed by atoms with E-state index < -0.39 is 0 Å². The van der Waals surface area contributed by atoms with Gasteiger partial charge in [-0.05, 0) is 48.9 Å². The smallest absolute Gasteiger partial charge is 0.103 e. The van der Waals surface area contributed by atoms with Crippen molar-refractivity contribution >= 4 is 22.4 Å². The Balaban J connectivity index is 1.84. The number of aryl methyl sites for hydroxylation is 1. The Kier molecular flexibility index (Phi) is 5.18. The molecule has 0 saturated heterocycles. The van der Waals surface area contributed by atoms with Crippen LogP contribution in [0, 0.1) is 6.92 Å². The third-order valence-electron chi connectivity index (χ3n) is 4.60. The summed E-state index contributed by atoms with van der Waals surface area (Å²) >= 11 is 0. The van der Waals surface area contributed by atoms with Gasteiger partial charge in [0.1, 0.15) is 5.70 Å². The molecule has 6 heteroatoms. The van der Waals surface area contributed by atoms with Crippen LogP contribution in [0.5, 0.6) is 0 Å². The Bertz CT molecular complexity index is 1170. The molecular weight excluding hydrogens is 360 g/mol. The highest BCUT2D eigenvalue weighted by atomic mass is 15.4. The van der Waals surface area contributed by atoms with Crippen molar-refractivity contribution in [2.24, 2.45) is 11.6 Å². The Hall–Kier alpha value is -3.77. The summed E-state index contributed by atoms with van der Waals surface area (Å²) in [6.45, 7) is 2.41. The van der Waals surface area contributed by atoms with E-state index in [-0.39, 0.29) is 0 Å². The summed E-state index contributed by atoms with van der Waals surface area (Å²) in [5.41, 5.74) is 12.6. The number of fused-ring (bicyclic) bond motifs is 1. The topological polar surface area (TPSA) is 94.0 Å². The van der Waals surface area contributed by atoms with E-state index in [4.69, 9.17) is 16.6 Å². The average Bonchev–Trinajstić information content (AvgIpc) is 2.74. The van der Waals surface area contributed by atoms with E-state index in [0.29, 0.717) is 29.3 Å². The third-order valence-corrected chi connectivity index (χ3v) is 4.60. The highest BCUT2D eigenvalue weighted by Gasteiger charge is 2.18. The Morgan fingerprint density at radius 2 is 1.66 bits per heavy atom. The molecule has 3 heterocycles. The highest BCUT2D eigenvalue weighted by molar-refractivity contribution is 5.88. The van der Waals surface area contributed by atoms with Crippen LogP contribution in [0.1, 0.15) is 22.6 Å². The van der Waals surface area contributed by atoms with Crippen molar-refractivity contribution in [3.05, 3.63) is 102 Å². The zero-order valence-corrected chi connectivity index (χ0v) is 16.2. The van der Waals surface area contributed by atoms with E-state index in [9.17, 15) is 0 Å². The predicted octanol–water partition coefficient (Wildman–Crippen LogP) is 3.49. The maximum Gasteiger partial charge on any atom is 0.103 e. The van der Waals surface area contributed by atoms with Crippen molar-refractivity contribution < 1.29 is 0 Å². The lowest BCUT2D eigenvalue weighted by Gasteiger charge is -2.24. The van der Waals surface area contributed by atoms with E-state index >= 15 is 0 Å². The number of hydrogen-bond acceptors (Lipinski definition) is 6. The quantitative estimate of drug-likeness (QED) is 0.405. The summed E-state index contributed by atoms with van der Waals surface area (Å²) < 4.78 is 0. The molecular formula is C23H22N6. The molecule has 1 aromatic carbocycles. The summed E-state index contributed by atoms with van der Waals surface area (Å²) in [7, 11) is 0. The number of hydrazine groups is 1. The fourth-order valence-corrected chi connectivity index (χ4v) is 3.20. The molecule has 3 aromatic heterocycles. The minimum atomic E-state index is 0.475. The number of pyridine rings is 3. The first-order valence-electron chi connectivity index (χ1n) is 9.34. The second-order valence-corrected chi connectivity index (χ2v) is 6.78. The minimum Gasteiger partial charge on any atom is -0.395 e. The van der Waals surface area contributed by atoms with Crippen LogP contribution in [0.15, 0.2) is 79.0 Å². The van der Waals surface area contributed by atoms with Crippen molar-refractivity contribution in [2.75, 3.05) is 0 Å². The van der Waals surface area contributed by atoms with Gasteiger partial charge >= 0.3 is 0 Å². The fourth-order valence-electron chi connectivity index (χ4n) is 3.20. The van der Waals surface area contributed by atoms with Crippen molar-refractivity contribution in [3.63, 3.8) is 0 Å². The normalized spacial score (nSPS) is 11.9. The van der Waals surface area contributed by atoms with Gasteiger partial charge in [-0.25, -0.2) is 10.8 Å². The van der Waals surface area contributed by atoms with Gasteiger partial charge in [0.15, 0.2) is 0 Å². The second-order valence-electron chi connectivity index (χ2n) is 6.78. The molecule has 6 nitrogen and oxygen atoms in total. The van der Waals surface area contributed by atoms with E-state index in [1.54, 1.807) is 11.2 Å². The van der Waals surface area contributed by atoms with Crippen LogP contribution in [-0.2, 0) is 6.54 Å². The number of nitrogens with zero attached hydrogens (tertiary/aromatic N) is 4. The number of benzene rings is 1. The molecule has 0 atom stereocenters. The highest BCUT2D eigenvalue weighted by Crippen LogP contribution is 2.25. The zero-order chi connectivity index (χ0) is 20.2. The molecule has 0 aliphatic heterocycles. The van der Waals surface area contributed by atoms with Crippen molar-refractivity contribution in [2.45, 2.75) is 13.5 Å². The zero-order valence-electron chi connectivity index (χ0n) is 16.2. The number of nitrogens with two attached hydrogens (primary N) is 2. The standard InChI is InChI=1S/C23H22N6/c1-16-7-5-10-20(27-16)22(24)23(29(25)15-17-8-3-2-4-9-17)21-13-12-18-19(28-21)11-6-14-26-18/h2-14H,15,24-25H2,1H3/b23-22-. The van der Waals surface area contributed by atoms with Crippen LogP contribution in [0.25, 0.3) is 22.4 Å². The van der Waals surface area contributed by atoms with E-state index in [0.717, 1.165) is 22.3 Å². The van der Waals surface area contributed by atoms with Gasteiger partial charge in [0.05, 0.1) is 34.7 Å². The predicted molar refractivity (Wildman–Crippen MR) is 116 cm³/mol. The Morgan fingerprint density at radius 3 is 2.45 bits per heavy atom. The van der Waals surface area contributed by atoms with Gasteiger partial charge in [0, 0.05) is 11.9 Å². The molecule has 0 aliphatic carbocycles. The molecule has 29 heavy (non-hydrogen) atoms. The van der Waals surface area contributed by atoms with E-state index in [1.165, 1.54) is 0 Å². The molecule has 0 spiro atoms. The van der Waals surface area contributed by atoms with Gasteiger partial charge in [0.25, 0.3) is 0 Å². The summed E-state index contributed by atoms with van der Waals surface area (Å²) in [5.74, 6) is 6.51. The monoisotopic (exact) mass is 382 g/mol. The van der Waals surface area contributed by atoms with Crippen LogP contribution < -0.4 is 11.6 Å². The van der Waals surface area contributed by atoms with Gasteiger partial charge < -0.3 is 10.7 Å². The first-order valence-corrected chi connectivity index (χ1v) is 9.34. The second kappa shape index (κ2) is 8.08. The van der Waals surface area contributed by atoms with Crippen molar-refractivity contribution in [1.82, 2.24) is 20.0 Å². The lowest BCUT2D eigenvalue weighted by Crippen LogP contribution is -2.31. The molecule has 0 aliphatic rings. The SMILES string of the molecule is Cc1cccc(/C(N)=C(\c2ccc3ncccc3n2)N(N)Cc2ccccc2)n1. The molecule has 0 fully saturated rings. The van der Waals surface area contributed by atoms with Gasteiger partial charge in [-0.15, -0.1) is 0 Å². The van der Waals surface area contributed by atoms with Crippen LogP contribution in [0.3, 0.4) is 0 Å². The minimum absolute atomic E-state index is 0.475. The number of rotatable bonds is 5. The van der Waals surface area contributed by atoms with Crippen LogP contribution in [-0.4, -0.2) is 20.0 Å². The van der Waals surface area contributed by atoms with Gasteiger partial charge in [0.2, 0.25) is 0 Å². The summed E-state index contributed by atoms with van der Waals surface area (Å²) in [4.78, 5) is 13.7. The van der Waals surface area contributed by atoms with Gasteiger partial charge in [-0.2, -0.15) is 0 Å². The molecule has 0 bridgehead atoms.